The van der Waals surface area contributed by atoms with Crippen molar-refractivity contribution < 1.29 is 4.79 Å². The first-order valence-corrected chi connectivity index (χ1v) is 10.2. The van der Waals surface area contributed by atoms with Gasteiger partial charge in [-0.1, -0.05) is 18.2 Å². The summed E-state index contributed by atoms with van der Waals surface area (Å²) in [5, 5.41) is 4.65. The lowest BCUT2D eigenvalue weighted by molar-refractivity contribution is -0.130. The molecule has 3 rings (SSSR count). The van der Waals surface area contributed by atoms with Crippen LogP contribution < -0.4 is 0 Å². The number of hydrogen-bond acceptors (Lipinski definition) is 3. The molecule has 3 aromatic rings. The van der Waals surface area contributed by atoms with Gasteiger partial charge in [0.25, 0.3) is 0 Å². The second-order valence-corrected chi connectivity index (χ2v) is 8.73. The van der Waals surface area contributed by atoms with Crippen LogP contribution in [-0.2, 0) is 17.8 Å². The van der Waals surface area contributed by atoms with Crippen LogP contribution in [0.4, 0.5) is 0 Å². The summed E-state index contributed by atoms with van der Waals surface area (Å²) in [6.07, 6.45) is 0.380. The van der Waals surface area contributed by atoms with Crippen molar-refractivity contribution in [3.63, 3.8) is 0 Å². The number of nitrogens with zero attached hydrogens (tertiary/aromatic N) is 3. The summed E-state index contributed by atoms with van der Waals surface area (Å²) in [4.78, 5) is 16.0. The highest BCUT2D eigenvalue weighted by atomic mass is 79.9. The van der Waals surface area contributed by atoms with Crippen molar-refractivity contribution in [2.75, 3.05) is 6.54 Å². The Morgan fingerprint density at radius 2 is 1.92 bits per heavy atom. The third-order valence-corrected chi connectivity index (χ3v) is 6.09. The van der Waals surface area contributed by atoms with Gasteiger partial charge in [0.2, 0.25) is 5.91 Å². The van der Waals surface area contributed by atoms with Crippen molar-refractivity contribution in [3.8, 4) is 5.69 Å². The molecule has 0 fully saturated rings. The molecule has 1 amide bonds. The predicted octanol–water partition coefficient (Wildman–Crippen LogP) is 4.90. The number of aromatic nitrogens is 2. The zero-order valence-corrected chi connectivity index (χ0v) is 17.6. The van der Waals surface area contributed by atoms with Gasteiger partial charge in [0, 0.05) is 22.7 Å². The highest BCUT2D eigenvalue weighted by Gasteiger charge is 2.19. The van der Waals surface area contributed by atoms with Crippen molar-refractivity contribution in [2.45, 2.75) is 33.7 Å². The zero-order chi connectivity index (χ0) is 18.7. The molecule has 6 heteroatoms. The summed E-state index contributed by atoms with van der Waals surface area (Å²) in [5.41, 5.74) is 3.97. The minimum atomic E-state index is 0.135. The van der Waals surface area contributed by atoms with Crippen LogP contribution in [0.1, 0.15) is 28.8 Å². The number of thiophene rings is 1. The number of likely N-dealkylation sites (N-methyl/N-ethyl adjacent to an activating group) is 1. The highest BCUT2D eigenvalue weighted by Crippen LogP contribution is 2.24. The van der Waals surface area contributed by atoms with Crippen molar-refractivity contribution in [1.29, 1.82) is 0 Å². The molecule has 0 N–H and O–H groups in total. The van der Waals surface area contributed by atoms with E-state index < -0.39 is 0 Å². The molecule has 2 aromatic heterocycles. The van der Waals surface area contributed by atoms with Gasteiger partial charge in [0.15, 0.2) is 0 Å². The van der Waals surface area contributed by atoms with Gasteiger partial charge in [-0.15, -0.1) is 11.3 Å². The molecule has 1 aromatic carbocycles. The average molecular weight is 432 g/mol. The lowest BCUT2D eigenvalue weighted by Crippen LogP contribution is -2.31. The van der Waals surface area contributed by atoms with Crippen LogP contribution in [0.5, 0.6) is 0 Å². The number of hydrogen-bond donors (Lipinski definition) is 0. The number of carbonyl (C=O) groups excluding carboxylic acids is 1. The van der Waals surface area contributed by atoms with Gasteiger partial charge in [0.05, 0.1) is 28.1 Å². The van der Waals surface area contributed by atoms with Gasteiger partial charge in [-0.3, -0.25) is 4.79 Å². The molecule has 2 heterocycles. The quantitative estimate of drug-likeness (QED) is 0.556. The van der Waals surface area contributed by atoms with E-state index in [4.69, 9.17) is 0 Å². The van der Waals surface area contributed by atoms with E-state index in [9.17, 15) is 4.79 Å². The first kappa shape index (κ1) is 18.9. The average Bonchev–Trinajstić information content (AvgIpc) is 3.18. The second-order valence-electron chi connectivity index (χ2n) is 6.19. The molecule has 0 aliphatic carbocycles. The van der Waals surface area contributed by atoms with Crippen LogP contribution in [0.25, 0.3) is 5.69 Å². The minimum Gasteiger partial charge on any atom is -0.338 e. The fourth-order valence-corrected chi connectivity index (χ4v) is 4.51. The number of amides is 1. The van der Waals surface area contributed by atoms with Crippen molar-refractivity contribution >= 4 is 33.2 Å². The summed E-state index contributed by atoms with van der Waals surface area (Å²) in [6, 6.07) is 14.1. The molecule has 0 atom stereocenters. The molecule has 4 nitrogen and oxygen atoms in total. The number of para-hydroxylation sites is 1. The molecule has 136 valence electrons. The maximum Gasteiger partial charge on any atom is 0.227 e. The van der Waals surface area contributed by atoms with Gasteiger partial charge in [-0.25, -0.2) is 4.68 Å². The van der Waals surface area contributed by atoms with Crippen molar-refractivity contribution in [3.05, 3.63) is 68.1 Å². The Labute approximate surface area is 166 Å². The first-order valence-electron chi connectivity index (χ1n) is 8.62. The summed E-state index contributed by atoms with van der Waals surface area (Å²) < 4.78 is 3.01. The summed E-state index contributed by atoms with van der Waals surface area (Å²) in [7, 11) is 0. The topological polar surface area (TPSA) is 38.1 Å². The van der Waals surface area contributed by atoms with E-state index in [1.807, 2.05) is 66.8 Å². The van der Waals surface area contributed by atoms with Crippen LogP contribution in [0.2, 0.25) is 0 Å². The van der Waals surface area contributed by atoms with E-state index in [0.29, 0.717) is 19.5 Å². The normalized spacial score (nSPS) is 10.9. The second kappa shape index (κ2) is 8.18. The lowest BCUT2D eigenvalue weighted by atomic mass is 10.1. The van der Waals surface area contributed by atoms with E-state index in [-0.39, 0.29) is 5.91 Å². The fraction of sp³-hybridized carbons (Fsp3) is 0.300. The zero-order valence-electron chi connectivity index (χ0n) is 15.2. The van der Waals surface area contributed by atoms with E-state index in [1.165, 1.54) is 4.88 Å². The van der Waals surface area contributed by atoms with Crippen molar-refractivity contribution in [1.82, 2.24) is 14.7 Å². The molecule has 0 bridgehead atoms. The molecule has 0 saturated heterocycles. The Morgan fingerprint density at radius 1 is 1.19 bits per heavy atom. The van der Waals surface area contributed by atoms with Crippen LogP contribution in [0, 0.1) is 13.8 Å². The van der Waals surface area contributed by atoms with E-state index >= 15 is 0 Å². The number of rotatable bonds is 6. The lowest BCUT2D eigenvalue weighted by Gasteiger charge is -2.20. The predicted molar refractivity (Wildman–Crippen MR) is 110 cm³/mol. The molecule has 0 unspecified atom stereocenters. The van der Waals surface area contributed by atoms with Gasteiger partial charge < -0.3 is 4.90 Å². The Bertz CT molecular complexity index is 901. The van der Waals surface area contributed by atoms with E-state index in [1.54, 1.807) is 11.3 Å². The molecule has 0 spiro atoms. The fourth-order valence-electron chi connectivity index (χ4n) is 3.02. The van der Waals surface area contributed by atoms with Crippen molar-refractivity contribution in [2.24, 2.45) is 0 Å². The molecule has 0 radical (unpaired) electrons. The van der Waals surface area contributed by atoms with E-state index in [0.717, 1.165) is 26.4 Å². The SMILES string of the molecule is CCN(Cc1ccc(Br)s1)C(=O)Cc1c(C)nn(-c2ccccc2)c1C. The third kappa shape index (κ3) is 4.07. The molecule has 0 saturated carbocycles. The maximum atomic E-state index is 12.9. The summed E-state index contributed by atoms with van der Waals surface area (Å²) in [5.74, 6) is 0.135. The number of carbonyl (C=O) groups is 1. The van der Waals surface area contributed by atoms with Gasteiger partial charge in [0.1, 0.15) is 0 Å². The molecular weight excluding hydrogens is 410 g/mol. The molecule has 26 heavy (non-hydrogen) atoms. The van der Waals surface area contributed by atoms with Gasteiger partial charge >= 0.3 is 0 Å². The van der Waals surface area contributed by atoms with Crippen LogP contribution in [0.15, 0.2) is 46.3 Å². The number of benzene rings is 1. The summed E-state index contributed by atoms with van der Waals surface area (Å²) >= 11 is 5.15. The maximum absolute atomic E-state index is 12.9. The minimum absolute atomic E-state index is 0.135. The Morgan fingerprint density at radius 3 is 2.54 bits per heavy atom. The van der Waals surface area contributed by atoms with Gasteiger partial charge in [-0.05, 0) is 61.0 Å². The van der Waals surface area contributed by atoms with Gasteiger partial charge in [-0.2, -0.15) is 5.10 Å². The number of aryl methyl sites for hydroxylation is 1. The monoisotopic (exact) mass is 431 g/mol. The highest BCUT2D eigenvalue weighted by molar-refractivity contribution is 9.11. The number of halogens is 1. The standard InChI is InChI=1S/C20H22BrN3OS/c1-4-23(13-17-10-11-19(21)26-17)20(25)12-18-14(2)22-24(15(18)3)16-8-6-5-7-9-16/h5-11H,4,12-13H2,1-3H3. The van der Waals surface area contributed by atoms with Crippen LogP contribution >= 0.6 is 27.3 Å². The largest absolute Gasteiger partial charge is 0.338 e. The molecule has 0 aliphatic heterocycles. The van der Waals surface area contributed by atoms with E-state index in [2.05, 4.69) is 27.1 Å². The first-order chi connectivity index (χ1) is 12.5. The van der Waals surface area contributed by atoms with Crippen LogP contribution in [0.3, 0.4) is 0 Å². The Kier molecular flexibility index (Phi) is 5.94. The Hall–Kier alpha value is -1.92. The smallest absolute Gasteiger partial charge is 0.227 e. The van der Waals surface area contributed by atoms with Crippen LogP contribution in [-0.4, -0.2) is 27.1 Å². The Balaban J connectivity index is 1.79. The molecular formula is C20H22BrN3OS. The summed E-state index contributed by atoms with van der Waals surface area (Å²) in [6.45, 7) is 7.37. The third-order valence-electron chi connectivity index (χ3n) is 4.48. The molecule has 0 aliphatic rings.